The molecule has 35 heavy (non-hydrogen) atoms. The number of fused-ring (bicyclic) bond motifs is 2. The Hall–Kier alpha value is -3.03. The van der Waals surface area contributed by atoms with E-state index in [4.69, 9.17) is 9.72 Å². The number of carbonyl (C=O) groups is 2. The fraction of sp³-hybridized carbons (Fsp3) is 0.321. The summed E-state index contributed by atoms with van der Waals surface area (Å²) in [5, 5.41) is 4.46. The molecule has 180 valence electrons. The second-order valence-electron chi connectivity index (χ2n) is 8.88. The first-order valence-electron chi connectivity index (χ1n) is 12.1. The second-order valence-corrected chi connectivity index (χ2v) is 11.3. The smallest absolute Gasteiger partial charge is 0.341 e. The molecule has 0 spiro atoms. The number of aromatic nitrogens is 1. The van der Waals surface area contributed by atoms with Crippen molar-refractivity contribution in [2.45, 2.75) is 46.5 Å². The monoisotopic (exact) mass is 504 g/mol. The predicted molar refractivity (Wildman–Crippen MR) is 144 cm³/mol. The van der Waals surface area contributed by atoms with Crippen molar-refractivity contribution < 1.29 is 14.3 Å². The SMILES string of the molecule is CCOC(=O)c1c(NC(=O)c2cc(-c3ccc(C)s3)nc3ccccc23)sc2c1CC[C@@H](CC)C2. The first-order chi connectivity index (χ1) is 17.0. The lowest BCUT2D eigenvalue weighted by Crippen LogP contribution is -2.17. The van der Waals surface area contributed by atoms with Gasteiger partial charge in [0.05, 0.1) is 33.8 Å². The summed E-state index contributed by atoms with van der Waals surface area (Å²) in [6.07, 6.45) is 3.95. The summed E-state index contributed by atoms with van der Waals surface area (Å²) in [5.74, 6) is 0.0135. The van der Waals surface area contributed by atoms with Crippen LogP contribution >= 0.6 is 22.7 Å². The van der Waals surface area contributed by atoms with Gasteiger partial charge < -0.3 is 10.1 Å². The van der Waals surface area contributed by atoms with Crippen molar-refractivity contribution in [3.05, 3.63) is 68.9 Å². The summed E-state index contributed by atoms with van der Waals surface area (Å²) in [6.45, 7) is 6.37. The minimum atomic E-state index is -0.357. The Bertz CT molecular complexity index is 1420. The number of hydrogen-bond donors (Lipinski definition) is 1. The number of thiophene rings is 2. The molecule has 3 heterocycles. The highest BCUT2D eigenvalue weighted by atomic mass is 32.1. The number of hydrogen-bond acceptors (Lipinski definition) is 6. The average Bonchev–Trinajstić information content (AvgIpc) is 3.45. The number of esters is 1. The van der Waals surface area contributed by atoms with E-state index in [2.05, 4.69) is 25.2 Å². The van der Waals surface area contributed by atoms with Gasteiger partial charge in [0.25, 0.3) is 5.91 Å². The van der Waals surface area contributed by atoms with Crippen molar-refractivity contribution in [3.63, 3.8) is 0 Å². The minimum absolute atomic E-state index is 0.241. The van der Waals surface area contributed by atoms with Crippen molar-refractivity contribution in [1.82, 2.24) is 4.98 Å². The summed E-state index contributed by atoms with van der Waals surface area (Å²) in [6, 6.07) is 13.6. The third kappa shape index (κ3) is 4.62. The van der Waals surface area contributed by atoms with E-state index in [0.29, 0.717) is 28.7 Å². The third-order valence-electron chi connectivity index (χ3n) is 6.60. The quantitative estimate of drug-likeness (QED) is 0.280. The number of pyridine rings is 1. The number of rotatable bonds is 6. The lowest BCUT2D eigenvalue weighted by molar-refractivity contribution is 0.0526. The van der Waals surface area contributed by atoms with Crippen LogP contribution in [0, 0.1) is 12.8 Å². The second kappa shape index (κ2) is 9.91. The van der Waals surface area contributed by atoms with Crippen molar-refractivity contribution >= 4 is 50.5 Å². The average molecular weight is 505 g/mol. The van der Waals surface area contributed by atoms with Crippen molar-refractivity contribution in [2.24, 2.45) is 5.92 Å². The maximum absolute atomic E-state index is 13.7. The first-order valence-corrected chi connectivity index (χ1v) is 13.7. The fourth-order valence-electron chi connectivity index (χ4n) is 4.74. The Morgan fingerprint density at radius 3 is 2.71 bits per heavy atom. The van der Waals surface area contributed by atoms with Gasteiger partial charge in [-0.2, -0.15) is 0 Å². The molecule has 5 nitrogen and oxygen atoms in total. The van der Waals surface area contributed by atoms with E-state index in [9.17, 15) is 9.59 Å². The van der Waals surface area contributed by atoms with Gasteiger partial charge in [-0.15, -0.1) is 22.7 Å². The number of ether oxygens (including phenoxy) is 1. The molecular weight excluding hydrogens is 476 g/mol. The molecule has 0 unspecified atom stereocenters. The lowest BCUT2D eigenvalue weighted by atomic mass is 9.85. The van der Waals surface area contributed by atoms with Crippen LogP contribution in [0.5, 0.6) is 0 Å². The zero-order chi connectivity index (χ0) is 24.5. The van der Waals surface area contributed by atoms with Crippen LogP contribution in [-0.2, 0) is 17.6 Å². The molecule has 0 aliphatic heterocycles. The molecule has 1 amide bonds. The van der Waals surface area contributed by atoms with Gasteiger partial charge in [0, 0.05) is 15.1 Å². The zero-order valence-corrected chi connectivity index (χ0v) is 21.8. The summed E-state index contributed by atoms with van der Waals surface area (Å²) < 4.78 is 5.39. The van der Waals surface area contributed by atoms with Gasteiger partial charge in [0.1, 0.15) is 5.00 Å². The number of nitrogens with zero attached hydrogens (tertiary/aromatic N) is 1. The summed E-state index contributed by atoms with van der Waals surface area (Å²) >= 11 is 3.17. The van der Waals surface area contributed by atoms with Crippen LogP contribution in [0.3, 0.4) is 0 Å². The number of carbonyl (C=O) groups excluding carboxylic acids is 2. The van der Waals surface area contributed by atoms with Crippen LogP contribution in [0.25, 0.3) is 21.5 Å². The van der Waals surface area contributed by atoms with Crippen molar-refractivity contribution in [2.75, 3.05) is 11.9 Å². The molecule has 1 atom stereocenters. The van der Waals surface area contributed by atoms with Gasteiger partial charge in [-0.1, -0.05) is 31.5 Å². The standard InChI is InChI=1S/C28H28N2O3S2/c1-4-17-11-12-19-24(14-17)35-27(25(19)28(32)33-5-2)30-26(31)20-15-22(23-13-10-16(3)34-23)29-21-9-7-6-8-18(20)21/h6-10,13,15,17H,4-5,11-12,14H2,1-3H3,(H,30,31)/t17-/m1/s1. The minimum Gasteiger partial charge on any atom is -0.462 e. The molecule has 0 saturated carbocycles. The molecule has 1 aliphatic rings. The molecule has 1 N–H and O–H groups in total. The third-order valence-corrected chi connectivity index (χ3v) is 8.80. The van der Waals surface area contributed by atoms with E-state index in [1.54, 1.807) is 18.3 Å². The maximum atomic E-state index is 13.7. The van der Waals surface area contributed by atoms with Crippen LogP contribution in [0.1, 0.15) is 62.7 Å². The van der Waals surface area contributed by atoms with Crippen LogP contribution in [-0.4, -0.2) is 23.5 Å². The van der Waals surface area contributed by atoms with Gasteiger partial charge in [0.15, 0.2) is 0 Å². The molecule has 1 aromatic carbocycles. The Morgan fingerprint density at radius 1 is 1.14 bits per heavy atom. The lowest BCUT2D eigenvalue weighted by Gasteiger charge is -2.20. The van der Waals surface area contributed by atoms with Crippen LogP contribution in [0.15, 0.2) is 42.5 Å². The van der Waals surface area contributed by atoms with Gasteiger partial charge >= 0.3 is 5.97 Å². The first kappa shape index (κ1) is 23.7. The highest BCUT2D eigenvalue weighted by Gasteiger charge is 2.30. The number of nitrogens with one attached hydrogen (secondary N) is 1. The number of aryl methyl sites for hydroxylation is 1. The van der Waals surface area contributed by atoms with E-state index < -0.39 is 0 Å². The fourth-order valence-corrected chi connectivity index (χ4v) is 6.92. The molecule has 0 saturated heterocycles. The Balaban J connectivity index is 1.56. The summed E-state index contributed by atoms with van der Waals surface area (Å²) in [5.41, 5.74) is 3.66. The number of amides is 1. The zero-order valence-electron chi connectivity index (χ0n) is 20.1. The molecule has 3 aromatic heterocycles. The highest BCUT2D eigenvalue weighted by Crippen LogP contribution is 2.41. The largest absolute Gasteiger partial charge is 0.462 e. The van der Waals surface area contributed by atoms with Gasteiger partial charge in [-0.05, 0) is 68.9 Å². The molecule has 0 fully saturated rings. The van der Waals surface area contributed by atoms with E-state index in [0.717, 1.165) is 52.7 Å². The van der Waals surface area contributed by atoms with E-state index in [1.807, 2.05) is 36.4 Å². The van der Waals surface area contributed by atoms with Gasteiger partial charge in [-0.25, -0.2) is 9.78 Å². The van der Waals surface area contributed by atoms with Crippen LogP contribution < -0.4 is 5.32 Å². The Morgan fingerprint density at radius 2 is 1.97 bits per heavy atom. The molecule has 7 heteroatoms. The molecule has 1 aliphatic carbocycles. The van der Waals surface area contributed by atoms with E-state index >= 15 is 0 Å². The predicted octanol–water partition coefficient (Wildman–Crippen LogP) is 7.28. The molecule has 0 bridgehead atoms. The Labute approximate surface area is 213 Å². The molecule has 5 rings (SSSR count). The van der Waals surface area contributed by atoms with E-state index in [1.165, 1.54) is 21.1 Å². The normalized spacial score (nSPS) is 15.1. The molecule has 4 aromatic rings. The van der Waals surface area contributed by atoms with Crippen LogP contribution in [0.4, 0.5) is 5.00 Å². The van der Waals surface area contributed by atoms with Crippen molar-refractivity contribution in [1.29, 1.82) is 0 Å². The van der Waals surface area contributed by atoms with Crippen LogP contribution in [0.2, 0.25) is 0 Å². The Kier molecular flexibility index (Phi) is 6.71. The molecule has 0 radical (unpaired) electrons. The maximum Gasteiger partial charge on any atom is 0.341 e. The van der Waals surface area contributed by atoms with Gasteiger partial charge in [0.2, 0.25) is 0 Å². The number of benzene rings is 1. The highest BCUT2D eigenvalue weighted by molar-refractivity contribution is 7.17. The topological polar surface area (TPSA) is 68.3 Å². The van der Waals surface area contributed by atoms with Crippen molar-refractivity contribution in [3.8, 4) is 10.6 Å². The van der Waals surface area contributed by atoms with E-state index in [-0.39, 0.29) is 11.9 Å². The summed E-state index contributed by atoms with van der Waals surface area (Å²) in [4.78, 5) is 34.9. The molecular formula is C28H28N2O3S2. The number of para-hydroxylation sites is 1. The number of anilines is 1. The summed E-state index contributed by atoms with van der Waals surface area (Å²) in [7, 11) is 0. The van der Waals surface area contributed by atoms with Gasteiger partial charge in [-0.3, -0.25) is 4.79 Å².